The van der Waals surface area contributed by atoms with Crippen LogP contribution in [0.15, 0.2) is 0 Å². The van der Waals surface area contributed by atoms with Crippen molar-refractivity contribution in [2.45, 2.75) is 57.3 Å². The monoisotopic (exact) mass is 278 g/mol. The molecule has 19 heavy (non-hydrogen) atoms. The lowest BCUT2D eigenvalue weighted by atomic mass is 9.67. The number of fused-ring (bicyclic) bond motifs is 2. The van der Waals surface area contributed by atoms with Crippen LogP contribution in [0, 0.1) is 17.8 Å². The molecule has 0 aromatic heterocycles. The lowest BCUT2D eigenvalue weighted by Gasteiger charge is -2.45. The molecular formula is C13H21F3N2O. The molecule has 0 aromatic carbocycles. The molecule has 0 aliphatic heterocycles. The van der Waals surface area contributed by atoms with Crippen LogP contribution in [0.25, 0.3) is 0 Å². The quantitative estimate of drug-likeness (QED) is 0.813. The van der Waals surface area contributed by atoms with E-state index in [1.165, 1.54) is 0 Å². The fourth-order valence-corrected chi connectivity index (χ4v) is 3.46. The minimum Gasteiger partial charge on any atom is -0.352 e. The van der Waals surface area contributed by atoms with Crippen molar-refractivity contribution < 1.29 is 18.0 Å². The molecule has 2 aliphatic rings. The summed E-state index contributed by atoms with van der Waals surface area (Å²) >= 11 is 0. The fraction of sp³-hybridized carbons (Fsp3) is 0.923. The zero-order valence-corrected chi connectivity index (χ0v) is 11.0. The predicted octanol–water partition coefficient (Wildman–Crippen LogP) is 2.21. The summed E-state index contributed by atoms with van der Waals surface area (Å²) in [6.45, 7) is 0.916. The topological polar surface area (TPSA) is 55.1 Å². The van der Waals surface area contributed by atoms with Crippen LogP contribution in [0.5, 0.6) is 0 Å². The summed E-state index contributed by atoms with van der Waals surface area (Å²) in [5.41, 5.74) is 5.95. The van der Waals surface area contributed by atoms with E-state index in [4.69, 9.17) is 5.73 Å². The van der Waals surface area contributed by atoms with Crippen molar-refractivity contribution >= 4 is 5.91 Å². The van der Waals surface area contributed by atoms with E-state index in [1.54, 1.807) is 0 Å². The van der Waals surface area contributed by atoms with E-state index in [-0.39, 0.29) is 23.9 Å². The van der Waals surface area contributed by atoms with E-state index in [1.807, 2.05) is 0 Å². The van der Waals surface area contributed by atoms with E-state index in [9.17, 15) is 18.0 Å². The van der Waals surface area contributed by atoms with Gasteiger partial charge in [-0.1, -0.05) is 6.42 Å². The molecule has 110 valence electrons. The lowest BCUT2D eigenvalue weighted by molar-refractivity contribution is -0.180. The number of nitrogens with one attached hydrogen (secondary N) is 1. The van der Waals surface area contributed by atoms with Gasteiger partial charge in [0.2, 0.25) is 5.91 Å². The second-order valence-corrected chi connectivity index (χ2v) is 5.98. The second-order valence-electron chi connectivity index (χ2n) is 5.98. The number of hydrogen-bond donors (Lipinski definition) is 2. The van der Waals surface area contributed by atoms with E-state index in [2.05, 4.69) is 5.32 Å². The standard InChI is InChI=1S/C13H21F3N2O/c1-7(13(14,15)16)12(19)18-11-8-3-2-4-9(11)6-10(17)5-8/h7-11H,2-6,17H2,1H3,(H,18,19). The Bertz CT molecular complexity index is 331. The van der Waals surface area contributed by atoms with Crippen LogP contribution >= 0.6 is 0 Å². The second kappa shape index (κ2) is 5.31. The predicted molar refractivity (Wildman–Crippen MR) is 65.2 cm³/mol. The maximum atomic E-state index is 12.5. The third-order valence-corrected chi connectivity index (χ3v) is 4.57. The van der Waals surface area contributed by atoms with Crippen LogP contribution < -0.4 is 11.1 Å². The molecule has 6 heteroatoms. The molecule has 2 saturated carbocycles. The van der Waals surface area contributed by atoms with Crippen molar-refractivity contribution in [3.63, 3.8) is 0 Å². The Morgan fingerprint density at radius 2 is 1.79 bits per heavy atom. The van der Waals surface area contributed by atoms with E-state index in [0.717, 1.165) is 39.0 Å². The van der Waals surface area contributed by atoms with Gasteiger partial charge in [0, 0.05) is 12.1 Å². The Morgan fingerprint density at radius 3 is 2.26 bits per heavy atom. The summed E-state index contributed by atoms with van der Waals surface area (Å²) in [6, 6.07) is 0.00865. The SMILES string of the molecule is CC(C(=O)NC1C2CCCC1CC(N)C2)C(F)(F)F. The Hall–Kier alpha value is -0.780. The van der Waals surface area contributed by atoms with Crippen LogP contribution in [0.1, 0.15) is 39.0 Å². The van der Waals surface area contributed by atoms with E-state index >= 15 is 0 Å². The zero-order chi connectivity index (χ0) is 14.2. The van der Waals surface area contributed by atoms with Crippen LogP contribution in [0.3, 0.4) is 0 Å². The van der Waals surface area contributed by atoms with Crippen LogP contribution in [0.4, 0.5) is 13.2 Å². The third kappa shape index (κ3) is 3.22. The van der Waals surface area contributed by atoms with Gasteiger partial charge in [0.05, 0.1) is 0 Å². The molecule has 3 atom stereocenters. The molecule has 2 fully saturated rings. The summed E-state index contributed by atoms with van der Waals surface area (Å²) in [6.07, 6.45) is 0.141. The van der Waals surface area contributed by atoms with Crippen molar-refractivity contribution in [3.8, 4) is 0 Å². The highest BCUT2D eigenvalue weighted by atomic mass is 19.4. The van der Waals surface area contributed by atoms with Gasteiger partial charge in [-0.25, -0.2) is 0 Å². The van der Waals surface area contributed by atoms with Crippen molar-refractivity contribution in [1.82, 2.24) is 5.32 Å². The largest absolute Gasteiger partial charge is 0.400 e. The van der Waals surface area contributed by atoms with Gasteiger partial charge < -0.3 is 11.1 Å². The first kappa shape index (κ1) is 14.6. The number of halogens is 3. The van der Waals surface area contributed by atoms with Gasteiger partial charge in [-0.15, -0.1) is 0 Å². The molecule has 3 unspecified atom stereocenters. The molecule has 2 rings (SSSR count). The highest BCUT2D eigenvalue weighted by molar-refractivity contribution is 5.79. The van der Waals surface area contributed by atoms with Crippen molar-refractivity contribution in [1.29, 1.82) is 0 Å². The maximum absolute atomic E-state index is 12.5. The number of carbonyl (C=O) groups excluding carboxylic acids is 1. The third-order valence-electron chi connectivity index (χ3n) is 4.57. The van der Waals surface area contributed by atoms with E-state index in [0.29, 0.717) is 0 Å². The average Bonchev–Trinajstić information content (AvgIpc) is 2.28. The van der Waals surface area contributed by atoms with E-state index < -0.39 is 18.0 Å². The van der Waals surface area contributed by atoms with Gasteiger partial charge in [0.1, 0.15) is 5.92 Å². The molecule has 0 aromatic rings. The van der Waals surface area contributed by atoms with Crippen molar-refractivity contribution in [2.75, 3.05) is 0 Å². The Balaban J connectivity index is 2.00. The summed E-state index contributed by atoms with van der Waals surface area (Å²) < 4.78 is 37.6. The first-order valence-corrected chi connectivity index (χ1v) is 6.91. The lowest BCUT2D eigenvalue weighted by Crippen LogP contribution is -2.55. The number of amides is 1. The highest BCUT2D eigenvalue weighted by Crippen LogP contribution is 2.40. The van der Waals surface area contributed by atoms with Crippen LogP contribution in [-0.2, 0) is 4.79 Å². The molecule has 3 nitrogen and oxygen atoms in total. The molecule has 2 aliphatic carbocycles. The normalized spacial score (nSPS) is 36.7. The average molecular weight is 278 g/mol. The number of alkyl halides is 3. The summed E-state index contributed by atoms with van der Waals surface area (Å²) in [5, 5.41) is 2.63. The van der Waals surface area contributed by atoms with Crippen LogP contribution in [-0.4, -0.2) is 24.2 Å². The minimum atomic E-state index is -4.47. The smallest absolute Gasteiger partial charge is 0.352 e. The molecular weight excluding hydrogens is 257 g/mol. The molecule has 0 saturated heterocycles. The fourth-order valence-electron chi connectivity index (χ4n) is 3.46. The number of hydrogen-bond acceptors (Lipinski definition) is 2. The van der Waals surface area contributed by atoms with Gasteiger partial charge in [-0.2, -0.15) is 13.2 Å². The zero-order valence-electron chi connectivity index (χ0n) is 11.0. The first-order valence-electron chi connectivity index (χ1n) is 6.91. The summed E-state index contributed by atoms with van der Waals surface area (Å²) in [4.78, 5) is 11.7. The minimum absolute atomic E-state index is 0.120. The Labute approximate surface area is 111 Å². The molecule has 2 bridgehead atoms. The maximum Gasteiger partial charge on any atom is 0.400 e. The highest BCUT2D eigenvalue weighted by Gasteiger charge is 2.45. The number of rotatable bonds is 2. The van der Waals surface area contributed by atoms with Crippen LogP contribution in [0.2, 0.25) is 0 Å². The first-order chi connectivity index (χ1) is 8.79. The molecule has 0 spiro atoms. The summed E-state index contributed by atoms with van der Waals surface area (Å²) in [5.74, 6) is -2.35. The van der Waals surface area contributed by atoms with Gasteiger partial charge in [0.25, 0.3) is 0 Å². The summed E-state index contributed by atoms with van der Waals surface area (Å²) in [7, 11) is 0. The van der Waals surface area contributed by atoms with Crippen molar-refractivity contribution in [3.05, 3.63) is 0 Å². The van der Waals surface area contributed by atoms with Gasteiger partial charge in [-0.3, -0.25) is 4.79 Å². The number of carbonyl (C=O) groups is 1. The van der Waals surface area contributed by atoms with Gasteiger partial charge in [-0.05, 0) is 44.4 Å². The van der Waals surface area contributed by atoms with Gasteiger partial charge >= 0.3 is 6.18 Å². The molecule has 0 heterocycles. The van der Waals surface area contributed by atoms with Gasteiger partial charge in [0.15, 0.2) is 0 Å². The molecule has 1 amide bonds. The Morgan fingerprint density at radius 1 is 1.26 bits per heavy atom. The molecule has 3 N–H and O–H groups in total. The number of nitrogens with two attached hydrogens (primary N) is 1. The molecule has 0 radical (unpaired) electrons. The van der Waals surface area contributed by atoms with Crippen molar-refractivity contribution in [2.24, 2.45) is 23.5 Å². The Kier molecular flexibility index (Phi) is 4.08.